The van der Waals surface area contributed by atoms with Gasteiger partial charge in [0.05, 0.1) is 10.2 Å². The highest BCUT2D eigenvalue weighted by Gasteiger charge is 2.22. The molecule has 6 heteroatoms. The Kier molecular flexibility index (Phi) is 6.87. The van der Waals surface area contributed by atoms with Crippen LogP contribution in [-0.2, 0) is 0 Å². The minimum Gasteiger partial charge on any atom is -0.378 e. The number of hydrogen-bond acceptors (Lipinski definition) is 5. The molecule has 29 heavy (non-hydrogen) atoms. The smallest absolute Gasteiger partial charge is 0.260 e. The molecule has 0 saturated heterocycles. The number of likely N-dealkylation sites (N-methyl/N-ethyl adjacent to an activating group) is 1. The molecule has 1 heterocycles. The van der Waals surface area contributed by atoms with E-state index in [-0.39, 0.29) is 5.91 Å². The molecule has 0 fully saturated rings. The Hall–Kier alpha value is -2.44. The number of rotatable bonds is 8. The molecule has 1 amide bonds. The lowest BCUT2D eigenvalue weighted by molar-refractivity contribution is 0.0984. The van der Waals surface area contributed by atoms with Crippen LogP contribution >= 0.6 is 11.3 Å². The fourth-order valence-electron chi connectivity index (χ4n) is 3.26. The van der Waals surface area contributed by atoms with E-state index in [9.17, 15) is 4.79 Å². The zero-order chi connectivity index (χ0) is 21.0. The Balaban J connectivity index is 1.93. The molecule has 0 spiro atoms. The summed E-state index contributed by atoms with van der Waals surface area (Å²) in [5.74, 6) is -0.00163. The number of nitrogens with zero attached hydrogens (tertiary/aromatic N) is 4. The summed E-state index contributed by atoms with van der Waals surface area (Å²) in [6.45, 7) is 9.75. The van der Waals surface area contributed by atoms with Crippen LogP contribution in [0.3, 0.4) is 0 Å². The normalized spacial score (nSPS) is 11.2. The molecule has 0 atom stereocenters. The molecular formula is C23H30N4OS. The quantitative estimate of drug-likeness (QED) is 0.541. The third kappa shape index (κ3) is 4.95. The topological polar surface area (TPSA) is 39.7 Å². The number of carbonyl (C=O) groups excluding carboxylic acids is 1. The number of benzene rings is 2. The van der Waals surface area contributed by atoms with Gasteiger partial charge in [-0.25, -0.2) is 4.98 Å². The molecule has 0 aliphatic rings. The van der Waals surface area contributed by atoms with E-state index in [0.29, 0.717) is 12.1 Å². The van der Waals surface area contributed by atoms with Crippen molar-refractivity contribution in [3.8, 4) is 0 Å². The zero-order valence-corrected chi connectivity index (χ0v) is 18.8. The van der Waals surface area contributed by atoms with Crippen molar-refractivity contribution in [2.24, 2.45) is 0 Å². The number of aryl methyl sites for hydroxylation is 1. The summed E-state index contributed by atoms with van der Waals surface area (Å²) in [4.78, 5) is 24.4. The van der Waals surface area contributed by atoms with Gasteiger partial charge >= 0.3 is 0 Å². The van der Waals surface area contributed by atoms with Gasteiger partial charge in [0, 0.05) is 38.4 Å². The molecule has 0 N–H and O–H groups in total. The number of anilines is 2. The van der Waals surface area contributed by atoms with Crippen LogP contribution in [0, 0.1) is 6.92 Å². The summed E-state index contributed by atoms with van der Waals surface area (Å²) in [7, 11) is 3.99. The first-order valence-electron chi connectivity index (χ1n) is 10.1. The van der Waals surface area contributed by atoms with Crippen LogP contribution < -0.4 is 9.80 Å². The highest BCUT2D eigenvalue weighted by Crippen LogP contribution is 2.30. The second kappa shape index (κ2) is 9.37. The lowest BCUT2D eigenvalue weighted by Crippen LogP contribution is -2.38. The number of carbonyl (C=O) groups is 1. The van der Waals surface area contributed by atoms with Gasteiger partial charge in [0.2, 0.25) is 0 Å². The first-order chi connectivity index (χ1) is 13.9. The molecule has 5 nitrogen and oxygen atoms in total. The molecule has 154 valence electrons. The van der Waals surface area contributed by atoms with E-state index in [2.05, 4.69) is 37.8 Å². The molecule has 0 aliphatic heterocycles. The molecule has 3 aromatic rings. The van der Waals surface area contributed by atoms with Crippen LogP contribution in [0.5, 0.6) is 0 Å². The number of hydrogen-bond donors (Lipinski definition) is 0. The summed E-state index contributed by atoms with van der Waals surface area (Å²) >= 11 is 1.58. The van der Waals surface area contributed by atoms with Gasteiger partial charge < -0.3 is 9.80 Å². The third-order valence-corrected chi connectivity index (χ3v) is 6.21. The molecule has 0 radical (unpaired) electrons. The Morgan fingerprint density at radius 3 is 2.31 bits per heavy atom. The van der Waals surface area contributed by atoms with Gasteiger partial charge in [0.25, 0.3) is 5.91 Å². The van der Waals surface area contributed by atoms with E-state index < -0.39 is 0 Å². The lowest BCUT2D eigenvalue weighted by atomic mass is 10.1. The predicted molar refractivity (Wildman–Crippen MR) is 125 cm³/mol. The average molecular weight is 411 g/mol. The standard InChI is InChI=1S/C23H30N4OS/c1-6-26(7-2)14-15-27(22(28)18-9-11-19(12-10-18)25(4)5)23-24-20-13-8-17(3)16-21(20)29-23/h8-13,16H,6-7,14-15H2,1-5H3. The Morgan fingerprint density at radius 1 is 1.00 bits per heavy atom. The Labute approximate surface area is 177 Å². The second-order valence-corrected chi connectivity index (χ2v) is 8.40. The fraction of sp³-hybridized carbons (Fsp3) is 0.391. The maximum Gasteiger partial charge on any atom is 0.260 e. The number of amides is 1. The van der Waals surface area contributed by atoms with Crippen LogP contribution in [-0.4, -0.2) is 56.1 Å². The van der Waals surface area contributed by atoms with Crippen molar-refractivity contribution < 1.29 is 4.79 Å². The van der Waals surface area contributed by atoms with Gasteiger partial charge in [-0.2, -0.15) is 0 Å². The van der Waals surface area contributed by atoms with Gasteiger partial charge in [-0.05, 0) is 62.0 Å². The maximum absolute atomic E-state index is 13.4. The highest BCUT2D eigenvalue weighted by molar-refractivity contribution is 7.22. The van der Waals surface area contributed by atoms with Gasteiger partial charge in [0.1, 0.15) is 0 Å². The van der Waals surface area contributed by atoms with Crippen LogP contribution in [0.1, 0.15) is 29.8 Å². The Morgan fingerprint density at radius 2 is 1.69 bits per heavy atom. The van der Waals surface area contributed by atoms with Crippen LogP contribution in [0.4, 0.5) is 10.8 Å². The number of thiazole rings is 1. The van der Waals surface area contributed by atoms with Crippen LogP contribution in [0.15, 0.2) is 42.5 Å². The summed E-state index contributed by atoms with van der Waals surface area (Å²) in [5.41, 5.74) is 3.91. The molecule has 2 aromatic carbocycles. The van der Waals surface area contributed by atoms with E-state index in [0.717, 1.165) is 40.7 Å². The van der Waals surface area contributed by atoms with Crippen molar-refractivity contribution in [2.75, 3.05) is 50.1 Å². The first-order valence-corrected chi connectivity index (χ1v) is 10.9. The Bertz CT molecular complexity index is 961. The predicted octanol–water partition coefficient (Wildman–Crippen LogP) is 4.66. The summed E-state index contributed by atoms with van der Waals surface area (Å²) in [6, 6.07) is 14.0. The van der Waals surface area contributed by atoms with E-state index in [1.54, 1.807) is 11.3 Å². The second-order valence-electron chi connectivity index (χ2n) is 7.39. The lowest BCUT2D eigenvalue weighted by Gasteiger charge is -2.25. The molecule has 1 aromatic heterocycles. The third-order valence-electron chi connectivity index (χ3n) is 5.17. The van der Waals surface area contributed by atoms with E-state index in [1.807, 2.05) is 54.2 Å². The van der Waals surface area contributed by atoms with Gasteiger partial charge in [-0.3, -0.25) is 9.69 Å². The van der Waals surface area contributed by atoms with Crippen molar-refractivity contribution in [1.82, 2.24) is 9.88 Å². The van der Waals surface area contributed by atoms with E-state index >= 15 is 0 Å². The SMILES string of the molecule is CCN(CC)CCN(C(=O)c1ccc(N(C)C)cc1)c1nc2ccc(C)cc2s1. The summed E-state index contributed by atoms with van der Waals surface area (Å²) in [6.07, 6.45) is 0. The molecule has 0 unspecified atom stereocenters. The maximum atomic E-state index is 13.4. The molecule has 0 aliphatic carbocycles. The molecular weight excluding hydrogens is 380 g/mol. The monoisotopic (exact) mass is 410 g/mol. The van der Waals surface area contributed by atoms with Crippen LogP contribution in [0.2, 0.25) is 0 Å². The fourth-order valence-corrected chi connectivity index (χ4v) is 4.35. The van der Waals surface area contributed by atoms with Crippen molar-refractivity contribution in [2.45, 2.75) is 20.8 Å². The van der Waals surface area contributed by atoms with Gasteiger partial charge in [0.15, 0.2) is 5.13 Å². The zero-order valence-electron chi connectivity index (χ0n) is 18.0. The largest absolute Gasteiger partial charge is 0.378 e. The van der Waals surface area contributed by atoms with Crippen molar-refractivity contribution in [3.63, 3.8) is 0 Å². The summed E-state index contributed by atoms with van der Waals surface area (Å²) in [5, 5.41) is 0.763. The van der Waals surface area contributed by atoms with Gasteiger partial charge in [-0.1, -0.05) is 31.3 Å². The minimum absolute atomic E-state index is 0.00163. The minimum atomic E-state index is -0.00163. The average Bonchev–Trinajstić information content (AvgIpc) is 3.13. The van der Waals surface area contributed by atoms with Crippen molar-refractivity contribution in [3.05, 3.63) is 53.6 Å². The van der Waals surface area contributed by atoms with Gasteiger partial charge in [-0.15, -0.1) is 0 Å². The highest BCUT2D eigenvalue weighted by atomic mass is 32.1. The number of aromatic nitrogens is 1. The molecule has 0 saturated carbocycles. The number of fused-ring (bicyclic) bond motifs is 1. The van der Waals surface area contributed by atoms with Crippen molar-refractivity contribution in [1.29, 1.82) is 0 Å². The van der Waals surface area contributed by atoms with Crippen molar-refractivity contribution >= 4 is 38.3 Å². The first kappa shape index (κ1) is 21.3. The van der Waals surface area contributed by atoms with Crippen LogP contribution in [0.25, 0.3) is 10.2 Å². The molecule has 0 bridgehead atoms. The summed E-state index contributed by atoms with van der Waals surface area (Å²) < 4.78 is 1.11. The van der Waals surface area contributed by atoms with E-state index in [1.165, 1.54) is 5.56 Å². The van der Waals surface area contributed by atoms with E-state index in [4.69, 9.17) is 4.98 Å². The molecule has 3 rings (SSSR count).